The molecule has 0 aliphatic heterocycles. The van der Waals surface area contributed by atoms with E-state index < -0.39 is 0 Å². The van der Waals surface area contributed by atoms with Gasteiger partial charge in [-0.1, -0.05) is 32.0 Å². The van der Waals surface area contributed by atoms with Crippen LogP contribution in [0, 0.1) is 17.7 Å². The maximum Gasteiger partial charge on any atom is 0.227 e. The van der Waals surface area contributed by atoms with Gasteiger partial charge in [-0.3, -0.25) is 9.59 Å². The fourth-order valence-corrected chi connectivity index (χ4v) is 3.62. The van der Waals surface area contributed by atoms with E-state index in [1.54, 1.807) is 12.1 Å². The summed E-state index contributed by atoms with van der Waals surface area (Å²) in [5.74, 6) is -0.228. The van der Waals surface area contributed by atoms with Crippen molar-refractivity contribution in [2.45, 2.75) is 45.4 Å². The van der Waals surface area contributed by atoms with Crippen LogP contribution in [0.2, 0.25) is 0 Å². The molecule has 0 heterocycles. The van der Waals surface area contributed by atoms with Gasteiger partial charge in [0.2, 0.25) is 11.8 Å². The van der Waals surface area contributed by atoms with Gasteiger partial charge >= 0.3 is 0 Å². The van der Waals surface area contributed by atoms with Gasteiger partial charge in [-0.25, -0.2) is 4.39 Å². The Morgan fingerprint density at radius 1 is 0.857 bits per heavy atom. The summed E-state index contributed by atoms with van der Waals surface area (Å²) >= 11 is 0. The summed E-state index contributed by atoms with van der Waals surface area (Å²) in [6.45, 7) is 4.27. The smallest absolute Gasteiger partial charge is 0.227 e. The zero-order valence-electron chi connectivity index (χ0n) is 16.4. The zero-order valence-corrected chi connectivity index (χ0v) is 16.4. The van der Waals surface area contributed by atoms with Crippen LogP contribution in [0.4, 0.5) is 15.8 Å². The lowest BCUT2D eigenvalue weighted by atomic mass is 9.81. The molecule has 4 nitrogen and oxygen atoms in total. The van der Waals surface area contributed by atoms with Crippen molar-refractivity contribution in [3.05, 3.63) is 59.9 Å². The average molecular weight is 382 g/mol. The second-order valence-electron chi connectivity index (χ2n) is 7.81. The van der Waals surface area contributed by atoms with Gasteiger partial charge in [0.25, 0.3) is 0 Å². The topological polar surface area (TPSA) is 58.2 Å². The highest BCUT2D eigenvalue weighted by Crippen LogP contribution is 2.31. The molecular formula is C23H27FN2O2. The lowest BCUT2D eigenvalue weighted by molar-refractivity contribution is -0.125. The van der Waals surface area contributed by atoms with Gasteiger partial charge in [0.05, 0.1) is 0 Å². The fraction of sp³-hybridized carbons (Fsp3) is 0.391. The molecule has 148 valence electrons. The van der Waals surface area contributed by atoms with Gasteiger partial charge in [-0.05, 0) is 67.5 Å². The van der Waals surface area contributed by atoms with Crippen LogP contribution in [0.1, 0.15) is 51.0 Å². The molecule has 0 atom stereocenters. The van der Waals surface area contributed by atoms with Gasteiger partial charge in [0, 0.05) is 23.2 Å². The Balaban J connectivity index is 1.48. The second kappa shape index (κ2) is 9.00. The van der Waals surface area contributed by atoms with Gasteiger partial charge in [0.1, 0.15) is 5.82 Å². The predicted molar refractivity (Wildman–Crippen MR) is 110 cm³/mol. The normalized spacial score (nSPS) is 19.3. The Labute approximate surface area is 165 Å². The largest absolute Gasteiger partial charge is 0.326 e. The second-order valence-corrected chi connectivity index (χ2v) is 7.81. The number of nitrogens with one attached hydrogen (secondary N) is 2. The Bertz CT molecular complexity index is 825. The molecule has 2 N–H and O–H groups in total. The van der Waals surface area contributed by atoms with Crippen LogP contribution in [-0.4, -0.2) is 11.8 Å². The minimum Gasteiger partial charge on any atom is -0.326 e. The number of rotatable bonds is 5. The van der Waals surface area contributed by atoms with E-state index in [4.69, 9.17) is 0 Å². The minimum absolute atomic E-state index is 0.0151. The predicted octanol–water partition coefficient (Wildman–Crippen LogP) is 5.33. The van der Waals surface area contributed by atoms with Crippen LogP contribution in [0.15, 0.2) is 48.5 Å². The van der Waals surface area contributed by atoms with Crippen molar-refractivity contribution in [1.29, 1.82) is 0 Å². The summed E-state index contributed by atoms with van der Waals surface area (Å²) in [6, 6.07) is 13.8. The third kappa shape index (κ3) is 5.18. The van der Waals surface area contributed by atoms with Crippen molar-refractivity contribution >= 4 is 23.2 Å². The fourth-order valence-electron chi connectivity index (χ4n) is 3.62. The molecule has 0 aromatic heterocycles. The van der Waals surface area contributed by atoms with E-state index >= 15 is 0 Å². The first-order valence-electron chi connectivity index (χ1n) is 9.89. The number of hydrogen-bond donors (Lipinski definition) is 2. The molecule has 0 spiro atoms. The van der Waals surface area contributed by atoms with Crippen molar-refractivity contribution in [2.75, 3.05) is 10.6 Å². The number of halogens is 1. The summed E-state index contributed by atoms with van der Waals surface area (Å²) in [5.41, 5.74) is 2.51. The number of benzene rings is 2. The highest BCUT2D eigenvalue weighted by molar-refractivity contribution is 5.94. The molecule has 28 heavy (non-hydrogen) atoms. The van der Waals surface area contributed by atoms with E-state index in [2.05, 4.69) is 24.5 Å². The zero-order chi connectivity index (χ0) is 20.1. The molecule has 2 amide bonds. The van der Waals surface area contributed by atoms with Crippen LogP contribution >= 0.6 is 0 Å². The summed E-state index contributed by atoms with van der Waals surface area (Å²) in [6.07, 6.45) is 2.67. The number of carbonyl (C=O) groups excluding carboxylic acids is 2. The van der Waals surface area contributed by atoms with Crippen molar-refractivity contribution in [1.82, 2.24) is 0 Å². The Hall–Kier alpha value is -2.69. The molecule has 0 radical (unpaired) electrons. The quantitative estimate of drug-likeness (QED) is 0.734. The van der Waals surface area contributed by atoms with Crippen molar-refractivity contribution in [3.63, 3.8) is 0 Å². The lowest BCUT2D eigenvalue weighted by Crippen LogP contribution is -2.32. The maximum atomic E-state index is 13.2. The lowest BCUT2D eigenvalue weighted by Gasteiger charge is -2.27. The first-order chi connectivity index (χ1) is 13.4. The highest BCUT2D eigenvalue weighted by Gasteiger charge is 2.30. The van der Waals surface area contributed by atoms with Gasteiger partial charge in [-0.15, -0.1) is 0 Å². The van der Waals surface area contributed by atoms with E-state index in [0.717, 1.165) is 5.69 Å². The van der Waals surface area contributed by atoms with Crippen LogP contribution in [-0.2, 0) is 9.59 Å². The third-order valence-electron chi connectivity index (χ3n) is 5.41. The standard InChI is InChI=1S/C23H27FN2O2/c1-15(2)16-10-12-20(13-11-16)25-22(27)17-6-8-18(9-7-17)23(28)26-21-5-3-4-19(24)14-21/h3-5,10-15,17-18H,6-9H2,1-2H3,(H,25,27)(H,26,28). The van der Waals surface area contributed by atoms with Crippen molar-refractivity contribution < 1.29 is 14.0 Å². The number of amides is 2. The third-order valence-corrected chi connectivity index (χ3v) is 5.41. The number of carbonyl (C=O) groups is 2. The molecule has 2 aromatic carbocycles. The summed E-state index contributed by atoms with van der Waals surface area (Å²) in [4.78, 5) is 24.9. The average Bonchev–Trinajstić information content (AvgIpc) is 2.68. The first kappa shape index (κ1) is 20.1. The Kier molecular flexibility index (Phi) is 6.45. The van der Waals surface area contributed by atoms with Crippen LogP contribution < -0.4 is 10.6 Å². The van der Waals surface area contributed by atoms with Crippen LogP contribution in [0.25, 0.3) is 0 Å². The van der Waals surface area contributed by atoms with E-state index in [-0.39, 0.29) is 29.5 Å². The molecule has 2 aromatic rings. The summed E-state index contributed by atoms with van der Waals surface area (Å²) in [5, 5.41) is 5.76. The van der Waals surface area contributed by atoms with Gasteiger partial charge < -0.3 is 10.6 Å². The molecule has 1 aliphatic rings. The Morgan fingerprint density at radius 3 is 1.89 bits per heavy atom. The molecule has 5 heteroatoms. The molecule has 0 unspecified atom stereocenters. The van der Waals surface area contributed by atoms with Crippen molar-refractivity contribution in [3.8, 4) is 0 Å². The summed E-state index contributed by atoms with van der Waals surface area (Å²) < 4.78 is 13.2. The molecule has 3 rings (SSSR count). The highest BCUT2D eigenvalue weighted by atomic mass is 19.1. The summed E-state index contributed by atoms with van der Waals surface area (Å²) in [7, 11) is 0. The number of hydrogen-bond acceptors (Lipinski definition) is 2. The van der Waals surface area contributed by atoms with Gasteiger partial charge in [-0.2, -0.15) is 0 Å². The number of anilines is 2. The van der Waals surface area contributed by atoms with E-state index in [1.165, 1.54) is 17.7 Å². The first-order valence-corrected chi connectivity index (χ1v) is 9.89. The maximum absolute atomic E-state index is 13.2. The minimum atomic E-state index is -0.375. The molecular weight excluding hydrogens is 355 g/mol. The molecule has 0 saturated heterocycles. The molecule has 0 bridgehead atoms. The van der Waals surface area contributed by atoms with E-state index in [1.807, 2.05) is 24.3 Å². The van der Waals surface area contributed by atoms with E-state index in [9.17, 15) is 14.0 Å². The molecule has 1 aliphatic carbocycles. The van der Waals surface area contributed by atoms with Crippen molar-refractivity contribution in [2.24, 2.45) is 11.8 Å². The molecule has 1 fully saturated rings. The van der Waals surface area contributed by atoms with Crippen LogP contribution in [0.5, 0.6) is 0 Å². The SMILES string of the molecule is CC(C)c1ccc(NC(=O)C2CCC(C(=O)Nc3cccc(F)c3)CC2)cc1. The Morgan fingerprint density at radius 2 is 1.39 bits per heavy atom. The molecule has 1 saturated carbocycles. The monoisotopic (exact) mass is 382 g/mol. The van der Waals surface area contributed by atoms with Crippen LogP contribution in [0.3, 0.4) is 0 Å². The van der Waals surface area contributed by atoms with E-state index in [0.29, 0.717) is 37.3 Å². The van der Waals surface area contributed by atoms with Gasteiger partial charge in [0.15, 0.2) is 0 Å².